The summed E-state index contributed by atoms with van der Waals surface area (Å²) in [7, 11) is 2.53. The van der Waals surface area contributed by atoms with E-state index in [1.54, 1.807) is 21.3 Å². The molecule has 0 bridgehead atoms. The van der Waals surface area contributed by atoms with Crippen molar-refractivity contribution in [3.05, 3.63) is 23.3 Å². The van der Waals surface area contributed by atoms with Crippen LogP contribution in [0.3, 0.4) is 0 Å². The molecule has 0 aromatic rings. The molecule has 0 aromatic carbocycles. The maximum absolute atomic E-state index is 5.58. The molecule has 2 aliphatic rings. The average molecular weight is 240 g/mol. The van der Waals surface area contributed by atoms with Gasteiger partial charge in [-0.15, -0.1) is 0 Å². The summed E-state index contributed by atoms with van der Waals surface area (Å²) < 4.78 is 16.7. The van der Waals surface area contributed by atoms with E-state index in [-0.39, 0.29) is 5.54 Å². The Morgan fingerprint density at radius 1 is 1.06 bits per heavy atom. The zero-order chi connectivity index (χ0) is 11.6. The first-order valence-corrected chi connectivity index (χ1v) is 7.63. The van der Waals surface area contributed by atoms with Gasteiger partial charge < -0.3 is 13.3 Å². The Bertz CT molecular complexity index is 310. The van der Waals surface area contributed by atoms with Crippen molar-refractivity contribution < 1.29 is 13.3 Å². The van der Waals surface area contributed by atoms with Crippen LogP contribution in [0.1, 0.15) is 25.7 Å². The van der Waals surface area contributed by atoms with Crippen molar-refractivity contribution in [3.8, 4) is 0 Å². The van der Waals surface area contributed by atoms with E-state index in [0.29, 0.717) is 0 Å². The van der Waals surface area contributed by atoms with Crippen LogP contribution in [-0.2, 0) is 13.3 Å². The monoisotopic (exact) mass is 240 g/mol. The van der Waals surface area contributed by atoms with Gasteiger partial charge in [-0.3, -0.25) is 0 Å². The first-order valence-electron chi connectivity index (χ1n) is 5.83. The number of rotatable bonds is 4. The topological polar surface area (TPSA) is 27.7 Å². The number of hydrogen-bond acceptors (Lipinski definition) is 3. The summed E-state index contributed by atoms with van der Waals surface area (Å²) in [5, 5.41) is 0. The third-order valence-corrected chi connectivity index (χ3v) is 6.66. The highest BCUT2D eigenvalue weighted by molar-refractivity contribution is 6.63. The Hall–Kier alpha value is -0.423. The predicted octanol–water partition coefficient (Wildman–Crippen LogP) is 2.68. The van der Waals surface area contributed by atoms with Crippen LogP contribution in [0.5, 0.6) is 0 Å². The maximum Gasteiger partial charge on any atom is 0.511 e. The molecule has 0 aliphatic heterocycles. The molecule has 0 spiro atoms. The molecule has 0 saturated heterocycles. The average Bonchev–Trinajstić information content (AvgIpc) is 2.77. The van der Waals surface area contributed by atoms with Gasteiger partial charge >= 0.3 is 8.80 Å². The molecule has 4 heteroatoms. The zero-order valence-corrected chi connectivity index (χ0v) is 11.3. The molecule has 90 valence electrons. The normalized spacial score (nSPS) is 25.1. The summed E-state index contributed by atoms with van der Waals surface area (Å²) >= 11 is 0. The number of allylic oxidation sites excluding steroid dienone is 4. The highest BCUT2D eigenvalue weighted by atomic mass is 28.4. The third-order valence-electron chi connectivity index (χ3n) is 3.65. The molecule has 0 N–H and O–H groups in total. The molecular formula is C12H20O3Si. The van der Waals surface area contributed by atoms with Crippen LogP contribution in [0.15, 0.2) is 23.3 Å². The minimum atomic E-state index is -2.54. The van der Waals surface area contributed by atoms with E-state index in [4.69, 9.17) is 13.3 Å². The second kappa shape index (κ2) is 4.83. The first-order chi connectivity index (χ1) is 7.77. The van der Waals surface area contributed by atoms with Crippen molar-refractivity contribution in [1.29, 1.82) is 0 Å². The SMILES string of the molecule is CO[Si](OC)(OC)C1C=CC2=C1CCCC2. The molecule has 0 radical (unpaired) electrons. The molecule has 0 fully saturated rings. The van der Waals surface area contributed by atoms with Crippen molar-refractivity contribution in [3.63, 3.8) is 0 Å². The summed E-state index contributed by atoms with van der Waals surface area (Å²) in [5.74, 6) is 0. The van der Waals surface area contributed by atoms with Crippen molar-refractivity contribution >= 4 is 8.80 Å². The molecule has 0 amide bonds. The lowest BCUT2D eigenvalue weighted by atomic mass is 9.94. The maximum atomic E-state index is 5.58. The third kappa shape index (κ3) is 1.80. The molecule has 2 rings (SSSR count). The highest BCUT2D eigenvalue weighted by Crippen LogP contribution is 2.45. The van der Waals surface area contributed by atoms with Crippen LogP contribution >= 0.6 is 0 Å². The smallest absolute Gasteiger partial charge is 0.376 e. The fraction of sp³-hybridized carbons (Fsp3) is 0.667. The predicted molar refractivity (Wildman–Crippen MR) is 65.2 cm³/mol. The molecule has 1 atom stereocenters. The van der Waals surface area contributed by atoms with Crippen LogP contribution in [0.2, 0.25) is 5.54 Å². The number of hydrogen-bond donors (Lipinski definition) is 0. The van der Waals surface area contributed by atoms with E-state index < -0.39 is 8.80 Å². The van der Waals surface area contributed by atoms with Crippen LogP contribution in [-0.4, -0.2) is 30.1 Å². The van der Waals surface area contributed by atoms with E-state index in [1.807, 2.05) is 0 Å². The van der Waals surface area contributed by atoms with Crippen molar-refractivity contribution in [1.82, 2.24) is 0 Å². The molecule has 0 aromatic heterocycles. The van der Waals surface area contributed by atoms with E-state index >= 15 is 0 Å². The lowest BCUT2D eigenvalue weighted by Crippen LogP contribution is -2.47. The van der Waals surface area contributed by atoms with Gasteiger partial charge in [-0.25, -0.2) is 0 Å². The van der Waals surface area contributed by atoms with Crippen LogP contribution in [0.25, 0.3) is 0 Å². The highest BCUT2D eigenvalue weighted by Gasteiger charge is 2.49. The van der Waals surface area contributed by atoms with E-state index in [0.717, 1.165) is 6.42 Å². The summed E-state index contributed by atoms with van der Waals surface area (Å²) in [6, 6.07) is 0. The Kier molecular flexibility index (Phi) is 3.64. The van der Waals surface area contributed by atoms with Gasteiger partial charge in [0.25, 0.3) is 0 Å². The summed E-state index contributed by atoms with van der Waals surface area (Å²) in [4.78, 5) is 0. The van der Waals surface area contributed by atoms with Gasteiger partial charge in [-0.1, -0.05) is 17.7 Å². The van der Waals surface area contributed by atoms with Gasteiger partial charge in [0.05, 0.1) is 5.54 Å². The van der Waals surface area contributed by atoms with Gasteiger partial charge in [0.2, 0.25) is 0 Å². The quantitative estimate of drug-likeness (QED) is 0.707. The van der Waals surface area contributed by atoms with Crippen molar-refractivity contribution in [2.75, 3.05) is 21.3 Å². The van der Waals surface area contributed by atoms with Gasteiger partial charge in [0.1, 0.15) is 0 Å². The molecular weight excluding hydrogens is 220 g/mol. The van der Waals surface area contributed by atoms with Gasteiger partial charge in [-0.2, -0.15) is 0 Å². The Balaban J connectivity index is 2.28. The lowest BCUT2D eigenvalue weighted by molar-refractivity contribution is 0.119. The second-order valence-electron chi connectivity index (χ2n) is 4.31. The van der Waals surface area contributed by atoms with Crippen molar-refractivity contribution in [2.45, 2.75) is 31.2 Å². The molecule has 2 aliphatic carbocycles. The summed E-state index contributed by atoms with van der Waals surface area (Å²) in [5.41, 5.74) is 3.21. The molecule has 1 unspecified atom stereocenters. The fourth-order valence-electron chi connectivity index (χ4n) is 2.79. The summed E-state index contributed by atoms with van der Waals surface area (Å²) in [6.07, 6.45) is 9.38. The molecule has 16 heavy (non-hydrogen) atoms. The molecule has 3 nitrogen and oxygen atoms in total. The first kappa shape index (κ1) is 12.0. The Morgan fingerprint density at radius 2 is 1.69 bits per heavy atom. The zero-order valence-electron chi connectivity index (χ0n) is 10.3. The van der Waals surface area contributed by atoms with Gasteiger partial charge in [-0.05, 0) is 31.3 Å². The van der Waals surface area contributed by atoms with E-state index in [1.165, 1.54) is 30.4 Å². The Morgan fingerprint density at radius 3 is 2.31 bits per heavy atom. The van der Waals surface area contributed by atoms with Gasteiger partial charge in [0.15, 0.2) is 0 Å². The lowest BCUT2D eigenvalue weighted by Gasteiger charge is -2.32. The van der Waals surface area contributed by atoms with Crippen LogP contribution < -0.4 is 0 Å². The van der Waals surface area contributed by atoms with Crippen LogP contribution in [0.4, 0.5) is 0 Å². The minimum Gasteiger partial charge on any atom is -0.376 e. The standard InChI is InChI=1S/C12H20O3Si/c1-13-16(14-2,15-3)12-9-8-10-6-4-5-7-11(10)12/h8-9,12H,4-7H2,1-3H3. The second-order valence-corrected chi connectivity index (χ2v) is 7.36. The van der Waals surface area contributed by atoms with E-state index in [9.17, 15) is 0 Å². The van der Waals surface area contributed by atoms with Crippen molar-refractivity contribution in [2.24, 2.45) is 0 Å². The minimum absolute atomic E-state index is 0.239. The van der Waals surface area contributed by atoms with Crippen LogP contribution in [0, 0.1) is 0 Å². The van der Waals surface area contributed by atoms with Gasteiger partial charge in [0, 0.05) is 21.3 Å². The van der Waals surface area contributed by atoms with E-state index in [2.05, 4.69) is 12.2 Å². The largest absolute Gasteiger partial charge is 0.511 e. The molecule has 0 heterocycles. The fourth-order valence-corrected chi connectivity index (χ4v) is 5.14. The Labute approximate surface area is 98.5 Å². The summed E-state index contributed by atoms with van der Waals surface area (Å²) in [6.45, 7) is 0. The molecule has 0 saturated carbocycles.